The first-order valence-corrected chi connectivity index (χ1v) is 6.18. The summed E-state index contributed by atoms with van der Waals surface area (Å²) in [4.78, 5) is 21.8. The summed E-state index contributed by atoms with van der Waals surface area (Å²) in [6, 6.07) is 0. The molecular weight excluding hydrogens is 287 g/mol. The molecule has 3 nitrogen and oxygen atoms in total. The van der Waals surface area contributed by atoms with E-state index >= 15 is 0 Å². The number of hydrogen-bond donors (Lipinski definition) is 0. The van der Waals surface area contributed by atoms with Crippen molar-refractivity contribution in [2.45, 2.75) is 13.1 Å². The van der Waals surface area contributed by atoms with E-state index in [0.717, 1.165) is 28.7 Å². The molecule has 1 heterocycles. The highest BCUT2D eigenvalue weighted by molar-refractivity contribution is 8.78. The van der Waals surface area contributed by atoms with E-state index in [2.05, 4.69) is 4.40 Å². The smallest absolute Gasteiger partial charge is 0.294 e. The molecule has 0 spiro atoms. The number of ketones is 2. The van der Waals surface area contributed by atoms with E-state index in [1.807, 2.05) is 0 Å². The quantitative estimate of drug-likeness (QED) is 0.258. The van der Waals surface area contributed by atoms with Gasteiger partial charge in [-0.05, 0) is 17.7 Å². The van der Waals surface area contributed by atoms with Crippen LogP contribution in [-0.4, -0.2) is 22.9 Å². The average molecular weight is 290 g/mol. The summed E-state index contributed by atoms with van der Waals surface area (Å²) < 4.78 is 40.1. The van der Waals surface area contributed by atoms with Crippen molar-refractivity contribution in [3.63, 3.8) is 0 Å². The molecular formula is C7H3ClF3NO2S2. The maximum atomic E-state index is 12.2. The first-order chi connectivity index (χ1) is 7.25. The third-order valence-electron chi connectivity index (χ3n) is 1.49. The number of rotatable bonds is 2. The Morgan fingerprint density at radius 2 is 1.94 bits per heavy atom. The monoisotopic (exact) mass is 289 g/mol. The number of halogens is 4. The van der Waals surface area contributed by atoms with E-state index in [4.69, 9.17) is 11.6 Å². The van der Waals surface area contributed by atoms with Crippen LogP contribution in [0.15, 0.2) is 14.9 Å². The highest BCUT2D eigenvalue weighted by Crippen LogP contribution is 2.43. The topological polar surface area (TPSA) is 46.5 Å². The molecule has 0 aromatic rings. The SMILES string of the molecule is CC(=O)/C(C(=O)C(F)(F)F)=C1\SSN=C1Cl. The van der Waals surface area contributed by atoms with Gasteiger partial charge in [-0.1, -0.05) is 11.6 Å². The summed E-state index contributed by atoms with van der Waals surface area (Å²) in [5.74, 6) is -3.18. The van der Waals surface area contributed by atoms with Gasteiger partial charge < -0.3 is 0 Å². The zero-order chi connectivity index (χ0) is 12.5. The van der Waals surface area contributed by atoms with Crippen molar-refractivity contribution in [2.24, 2.45) is 4.40 Å². The minimum Gasteiger partial charge on any atom is -0.294 e. The normalized spacial score (nSPS) is 19.4. The van der Waals surface area contributed by atoms with E-state index in [9.17, 15) is 22.8 Å². The molecule has 0 N–H and O–H groups in total. The van der Waals surface area contributed by atoms with E-state index in [0.29, 0.717) is 0 Å². The van der Waals surface area contributed by atoms with Gasteiger partial charge in [-0.3, -0.25) is 9.59 Å². The Bertz CT molecular complexity index is 416. The summed E-state index contributed by atoms with van der Waals surface area (Å²) in [6.07, 6.45) is -5.10. The van der Waals surface area contributed by atoms with E-state index < -0.39 is 23.3 Å². The van der Waals surface area contributed by atoms with Crippen molar-refractivity contribution >= 4 is 50.1 Å². The Kier molecular flexibility index (Phi) is 4.08. The molecule has 0 aliphatic carbocycles. The van der Waals surface area contributed by atoms with Crippen LogP contribution >= 0.6 is 33.4 Å². The van der Waals surface area contributed by atoms with Crippen molar-refractivity contribution in [1.82, 2.24) is 0 Å². The maximum absolute atomic E-state index is 12.2. The Balaban J connectivity index is 3.26. The molecule has 1 rings (SSSR count). The second-order valence-corrected chi connectivity index (χ2v) is 4.84. The van der Waals surface area contributed by atoms with Crippen LogP contribution in [-0.2, 0) is 9.59 Å². The molecule has 9 heteroatoms. The molecule has 0 radical (unpaired) electrons. The third-order valence-corrected chi connectivity index (χ3v) is 3.82. The minimum atomic E-state index is -5.10. The first-order valence-electron chi connectivity index (χ1n) is 3.69. The van der Waals surface area contributed by atoms with Crippen LogP contribution < -0.4 is 0 Å². The molecule has 1 aliphatic rings. The Morgan fingerprint density at radius 1 is 1.38 bits per heavy atom. The van der Waals surface area contributed by atoms with Crippen molar-refractivity contribution in [1.29, 1.82) is 0 Å². The number of alkyl halides is 3. The van der Waals surface area contributed by atoms with Crippen LogP contribution in [0.5, 0.6) is 0 Å². The number of carbonyl (C=O) groups is 2. The second-order valence-electron chi connectivity index (χ2n) is 2.63. The summed E-state index contributed by atoms with van der Waals surface area (Å²) in [7, 11) is 1.56. The Morgan fingerprint density at radius 3 is 2.25 bits per heavy atom. The molecule has 0 unspecified atom stereocenters. The van der Waals surface area contributed by atoms with Crippen LogP contribution in [0.4, 0.5) is 13.2 Å². The molecule has 0 bridgehead atoms. The van der Waals surface area contributed by atoms with Gasteiger partial charge in [0, 0.05) is 0 Å². The van der Waals surface area contributed by atoms with Gasteiger partial charge in [0.05, 0.1) is 21.5 Å². The zero-order valence-electron chi connectivity index (χ0n) is 7.59. The lowest BCUT2D eigenvalue weighted by molar-refractivity contribution is -0.167. The molecule has 0 aromatic carbocycles. The van der Waals surface area contributed by atoms with Crippen molar-refractivity contribution in [3.05, 3.63) is 10.5 Å². The lowest BCUT2D eigenvalue weighted by Crippen LogP contribution is -2.28. The molecule has 0 saturated heterocycles. The molecule has 0 saturated carbocycles. The molecule has 88 valence electrons. The molecule has 16 heavy (non-hydrogen) atoms. The first kappa shape index (κ1) is 13.6. The van der Waals surface area contributed by atoms with Gasteiger partial charge >= 0.3 is 6.18 Å². The molecule has 0 aromatic heterocycles. The second kappa shape index (κ2) is 4.80. The number of Topliss-reactive ketones (excluding diaryl/α,β-unsaturated/α-hetero) is 2. The number of hydrogen-bond acceptors (Lipinski definition) is 5. The predicted molar refractivity (Wildman–Crippen MR) is 57.2 cm³/mol. The third kappa shape index (κ3) is 2.80. The van der Waals surface area contributed by atoms with E-state index in [1.165, 1.54) is 0 Å². The van der Waals surface area contributed by atoms with Gasteiger partial charge in [0.15, 0.2) is 11.0 Å². The van der Waals surface area contributed by atoms with Crippen molar-refractivity contribution in [3.8, 4) is 0 Å². The largest absolute Gasteiger partial charge is 0.455 e. The predicted octanol–water partition coefficient (Wildman–Crippen LogP) is 2.91. The van der Waals surface area contributed by atoms with Crippen molar-refractivity contribution < 1.29 is 22.8 Å². The van der Waals surface area contributed by atoms with Crippen LogP contribution in [0.3, 0.4) is 0 Å². The fourth-order valence-corrected chi connectivity index (χ4v) is 3.25. The zero-order valence-corrected chi connectivity index (χ0v) is 9.98. The fourth-order valence-electron chi connectivity index (χ4n) is 0.874. The molecule has 0 fully saturated rings. The lowest BCUT2D eigenvalue weighted by Gasteiger charge is -2.08. The van der Waals surface area contributed by atoms with Gasteiger partial charge in [-0.15, -0.1) is 0 Å². The highest BCUT2D eigenvalue weighted by Gasteiger charge is 2.44. The van der Waals surface area contributed by atoms with E-state index in [-0.39, 0.29) is 10.1 Å². The van der Waals surface area contributed by atoms with Gasteiger partial charge in [0.2, 0.25) is 0 Å². The summed E-state index contributed by atoms with van der Waals surface area (Å²) >= 11 is 5.49. The van der Waals surface area contributed by atoms with Crippen LogP contribution in [0, 0.1) is 0 Å². The molecule has 0 amide bonds. The fraction of sp³-hybridized carbons (Fsp3) is 0.286. The Labute approximate surface area is 101 Å². The minimum absolute atomic E-state index is 0.235. The lowest BCUT2D eigenvalue weighted by atomic mass is 10.1. The van der Waals surface area contributed by atoms with Crippen LogP contribution in [0.2, 0.25) is 0 Å². The van der Waals surface area contributed by atoms with Gasteiger partial charge in [-0.25, -0.2) is 0 Å². The maximum Gasteiger partial charge on any atom is 0.455 e. The van der Waals surface area contributed by atoms with Crippen LogP contribution in [0.1, 0.15) is 6.92 Å². The average Bonchev–Trinajstić information content (AvgIpc) is 2.50. The van der Waals surface area contributed by atoms with Crippen molar-refractivity contribution in [2.75, 3.05) is 0 Å². The number of carbonyl (C=O) groups excluding carboxylic acids is 2. The van der Waals surface area contributed by atoms with Gasteiger partial charge in [0.1, 0.15) is 0 Å². The van der Waals surface area contributed by atoms with Gasteiger partial charge in [0.25, 0.3) is 5.78 Å². The standard InChI is InChI=1S/C7H3ClF3NO2S2/c1-2(13)3(5(14)7(9,10)11)4-6(8)12-16-15-4/h1H3/b4-3+. The molecule has 0 atom stereocenters. The number of nitrogens with zero attached hydrogens (tertiary/aromatic N) is 1. The van der Waals surface area contributed by atoms with E-state index in [1.54, 1.807) is 0 Å². The summed E-state index contributed by atoms with van der Waals surface area (Å²) in [5, 5.41) is -0.266. The Hall–Kier alpha value is -0.470. The van der Waals surface area contributed by atoms with Gasteiger partial charge in [-0.2, -0.15) is 17.6 Å². The summed E-state index contributed by atoms with van der Waals surface area (Å²) in [6.45, 7) is 0.875. The summed E-state index contributed by atoms with van der Waals surface area (Å²) in [5.41, 5.74) is -0.962. The molecule has 1 aliphatic heterocycles. The number of allylic oxidation sites excluding steroid dienone is 2. The highest BCUT2D eigenvalue weighted by atomic mass is 35.5. The van der Waals surface area contributed by atoms with Crippen LogP contribution in [0.25, 0.3) is 0 Å².